The van der Waals surface area contributed by atoms with Crippen molar-refractivity contribution in [3.8, 4) is 0 Å². The quantitative estimate of drug-likeness (QED) is 0.528. The Kier molecular flexibility index (Phi) is 6.94. The highest BCUT2D eigenvalue weighted by Crippen LogP contribution is 2.19. The lowest BCUT2D eigenvalue weighted by Crippen LogP contribution is -2.04. The van der Waals surface area contributed by atoms with E-state index in [-0.39, 0.29) is 30.2 Å². The summed E-state index contributed by atoms with van der Waals surface area (Å²) in [4.78, 5) is 21.8. The lowest BCUT2D eigenvalue weighted by molar-refractivity contribution is -0.140. The molecular formula is C13H20O4. The fourth-order valence-corrected chi connectivity index (χ4v) is 1.14. The molecule has 0 saturated heterocycles. The second kappa shape index (κ2) is 7.65. The van der Waals surface area contributed by atoms with Crippen LogP contribution < -0.4 is 0 Å². The number of carbonyl (C=O) groups excluding carboxylic acids is 2. The van der Waals surface area contributed by atoms with Crippen LogP contribution in [0.4, 0.5) is 0 Å². The van der Waals surface area contributed by atoms with E-state index in [1.54, 1.807) is 12.2 Å². The summed E-state index contributed by atoms with van der Waals surface area (Å²) in [6, 6.07) is 0. The van der Waals surface area contributed by atoms with Crippen molar-refractivity contribution in [1.82, 2.24) is 0 Å². The van der Waals surface area contributed by atoms with Gasteiger partial charge in [-0.25, -0.2) is 0 Å². The maximum Gasteiger partial charge on any atom is 0.309 e. The van der Waals surface area contributed by atoms with E-state index in [4.69, 9.17) is 0 Å². The Bertz CT molecular complexity index is 283. The van der Waals surface area contributed by atoms with E-state index >= 15 is 0 Å². The molecule has 0 amide bonds. The smallest absolute Gasteiger partial charge is 0.309 e. The Balaban J connectivity index is 4.18. The minimum atomic E-state index is -0.268. The molecule has 0 spiro atoms. The van der Waals surface area contributed by atoms with Crippen molar-refractivity contribution in [2.45, 2.75) is 26.7 Å². The van der Waals surface area contributed by atoms with E-state index in [1.165, 1.54) is 14.2 Å². The van der Waals surface area contributed by atoms with E-state index < -0.39 is 0 Å². The Morgan fingerprint density at radius 2 is 1.29 bits per heavy atom. The second-order valence-corrected chi connectivity index (χ2v) is 4.19. The summed E-state index contributed by atoms with van der Waals surface area (Å²) in [5, 5.41) is 0. The number of ether oxygens (including phenoxy) is 2. The van der Waals surface area contributed by atoms with E-state index in [1.807, 2.05) is 26.0 Å². The van der Waals surface area contributed by atoms with Crippen molar-refractivity contribution in [2.24, 2.45) is 5.41 Å². The van der Waals surface area contributed by atoms with Crippen molar-refractivity contribution in [3.05, 3.63) is 24.3 Å². The van der Waals surface area contributed by atoms with Crippen LogP contribution in [0, 0.1) is 5.41 Å². The van der Waals surface area contributed by atoms with Crippen molar-refractivity contribution >= 4 is 11.9 Å². The minimum absolute atomic E-state index is 0.206. The molecule has 0 radical (unpaired) electrons. The van der Waals surface area contributed by atoms with Gasteiger partial charge in [-0.1, -0.05) is 38.2 Å². The average molecular weight is 240 g/mol. The van der Waals surface area contributed by atoms with Gasteiger partial charge in [0.05, 0.1) is 27.1 Å². The first kappa shape index (κ1) is 15.4. The molecule has 0 heterocycles. The molecule has 0 atom stereocenters. The molecule has 0 aliphatic heterocycles. The molecule has 96 valence electrons. The summed E-state index contributed by atoms with van der Waals surface area (Å²) in [6.07, 6.45) is 7.83. The standard InChI is InChI=1S/C13H20O4/c1-13(2,9-5-7-11(14)16-3)10-6-8-12(15)17-4/h5-6,9-10H,7-8H2,1-4H3/b9-5-,10-6+. The van der Waals surface area contributed by atoms with Crippen LogP contribution in [0.15, 0.2) is 24.3 Å². The van der Waals surface area contributed by atoms with E-state index in [0.717, 1.165) is 0 Å². The van der Waals surface area contributed by atoms with E-state index in [9.17, 15) is 9.59 Å². The van der Waals surface area contributed by atoms with Crippen LogP contribution in [-0.2, 0) is 19.1 Å². The highest BCUT2D eigenvalue weighted by atomic mass is 16.5. The number of hydrogen-bond donors (Lipinski definition) is 0. The molecule has 0 aromatic rings. The Hall–Kier alpha value is -1.58. The van der Waals surface area contributed by atoms with E-state index in [2.05, 4.69) is 9.47 Å². The average Bonchev–Trinajstić information content (AvgIpc) is 2.27. The first-order chi connectivity index (χ1) is 7.91. The third-order valence-corrected chi connectivity index (χ3v) is 2.12. The normalized spacial score (nSPS) is 12.0. The summed E-state index contributed by atoms with van der Waals surface area (Å²) in [7, 11) is 2.72. The fourth-order valence-electron chi connectivity index (χ4n) is 1.14. The van der Waals surface area contributed by atoms with Gasteiger partial charge in [0.1, 0.15) is 0 Å². The first-order valence-corrected chi connectivity index (χ1v) is 5.40. The second-order valence-electron chi connectivity index (χ2n) is 4.19. The monoisotopic (exact) mass is 240 g/mol. The predicted octanol–water partition coefficient (Wildman–Crippen LogP) is 2.25. The minimum Gasteiger partial charge on any atom is -0.469 e. The van der Waals surface area contributed by atoms with Gasteiger partial charge >= 0.3 is 11.9 Å². The van der Waals surface area contributed by atoms with Crippen LogP contribution >= 0.6 is 0 Å². The van der Waals surface area contributed by atoms with Gasteiger partial charge < -0.3 is 9.47 Å². The molecule has 0 rings (SSSR count). The number of hydrogen-bond acceptors (Lipinski definition) is 4. The largest absolute Gasteiger partial charge is 0.469 e. The number of methoxy groups -OCH3 is 2. The van der Waals surface area contributed by atoms with Gasteiger partial charge in [0.25, 0.3) is 0 Å². The van der Waals surface area contributed by atoms with Crippen LogP contribution in [-0.4, -0.2) is 26.2 Å². The number of allylic oxidation sites excluding steroid dienone is 2. The van der Waals surface area contributed by atoms with Gasteiger partial charge in [0.2, 0.25) is 0 Å². The lowest BCUT2D eigenvalue weighted by Gasteiger charge is -2.14. The molecular weight excluding hydrogens is 220 g/mol. The van der Waals surface area contributed by atoms with E-state index in [0.29, 0.717) is 0 Å². The molecule has 0 aliphatic carbocycles. The number of carbonyl (C=O) groups is 2. The molecule has 17 heavy (non-hydrogen) atoms. The molecule has 0 N–H and O–H groups in total. The molecule has 0 unspecified atom stereocenters. The van der Waals surface area contributed by atoms with Crippen molar-refractivity contribution in [3.63, 3.8) is 0 Å². The molecule has 0 saturated carbocycles. The Morgan fingerprint density at radius 1 is 0.941 bits per heavy atom. The van der Waals surface area contributed by atoms with Crippen LogP contribution in [0.25, 0.3) is 0 Å². The Labute approximate surface area is 102 Å². The molecule has 0 aromatic heterocycles. The maximum atomic E-state index is 10.9. The summed E-state index contributed by atoms with van der Waals surface area (Å²) in [5.41, 5.74) is -0.206. The molecule has 4 nitrogen and oxygen atoms in total. The number of esters is 2. The van der Waals surface area contributed by atoms with Gasteiger partial charge in [0, 0.05) is 5.41 Å². The third kappa shape index (κ3) is 8.25. The molecule has 0 aliphatic rings. The Morgan fingerprint density at radius 3 is 1.59 bits per heavy atom. The van der Waals surface area contributed by atoms with Gasteiger partial charge in [-0.15, -0.1) is 0 Å². The van der Waals surface area contributed by atoms with Gasteiger partial charge in [-0.2, -0.15) is 0 Å². The lowest BCUT2D eigenvalue weighted by atomic mass is 9.92. The zero-order valence-electron chi connectivity index (χ0n) is 10.9. The summed E-state index contributed by atoms with van der Waals surface area (Å²) < 4.78 is 9.05. The van der Waals surface area contributed by atoms with Crippen molar-refractivity contribution < 1.29 is 19.1 Å². The van der Waals surface area contributed by atoms with Crippen molar-refractivity contribution in [1.29, 1.82) is 0 Å². The molecule has 0 bridgehead atoms. The number of rotatable bonds is 6. The maximum absolute atomic E-state index is 10.9. The third-order valence-electron chi connectivity index (χ3n) is 2.12. The zero-order valence-corrected chi connectivity index (χ0v) is 10.9. The highest BCUT2D eigenvalue weighted by molar-refractivity contribution is 5.71. The summed E-state index contributed by atoms with van der Waals surface area (Å²) in [6.45, 7) is 3.96. The fraction of sp³-hybridized carbons (Fsp3) is 0.538. The van der Waals surface area contributed by atoms with Crippen LogP contribution in [0.1, 0.15) is 26.7 Å². The van der Waals surface area contributed by atoms with Crippen LogP contribution in [0.3, 0.4) is 0 Å². The van der Waals surface area contributed by atoms with Crippen LogP contribution in [0.5, 0.6) is 0 Å². The zero-order chi connectivity index (χ0) is 13.3. The SMILES string of the molecule is COC(=O)C/C=C\C(C)(C)/C=C/CC(=O)OC. The topological polar surface area (TPSA) is 52.6 Å². The summed E-state index contributed by atoms with van der Waals surface area (Å²) >= 11 is 0. The molecule has 0 fully saturated rings. The molecule has 0 aromatic carbocycles. The van der Waals surface area contributed by atoms with Crippen LogP contribution in [0.2, 0.25) is 0 Å². The molecule has 4 heteroatoms. The predicted molar refractivity (Wildman–Crippen MR) is 65.3 cm³/mol. The van der Waals surface area contributed by atoms with Gasteiger partial charge in [-0.05, 0) is 0 Å². The van der Waals surface area contributed by atoms with Crippen molar-refractivity contribution in [2.75, 3.05) is 14.2 Å². The first-order valence-electron chi connectivity index (χ1n) is 5.40. The summed E-state index contributed by atoms with van der Waals surface area (Å²) in [5.74, 6) is -0.536. The highest BCUT2D eigenvalue weighted by Gasteiger charge is 2.09. The van der Waals surface area contributed by atoms with Gasteiger partial charge in [0.15, 0.2) is 0 Å². The van der Waals surface area contributed by atoms with Gasteiger partial charge in [-0.3, -0.25) is 9.59 Å².